The number of aromatic nitrogens is 6. The average molecular weight is 476 g/mol. The van der Waals surface area contributed by atoms with Crippen molar-refractivity contribution in [1.29, 1.82) is 0 Å². The summed E-state index contributed by atoms with van der Waals surface area (Å²) in [5.41, 5.74) is 11.3. The monoisotopic (exact) mass is 476 g/mol. The van der Waals surface area contributed by atoms with E-state index in [0.717, 1.165) is 67.9 Å². The third kappa shape index (κ3) is 4.41. The minimum Gasteiger partial charge on any atom is -0.456 e. The smallest absolute Gasteiger partial charge is 0.456 e. The fraction of sp³-hybridized carbons (Fsp3) is 0.292. The summed E-state index contributed by atoms with van der Waals surface area (Å²) in [5, 5.41) is 44.4. The Morgan fingerprint density at radius 3 is 1.77 bits per heavy atom. The number of rotatable bonds is 3. The van der Waals surface area contributed by atoms with Gasteiger partial charge in [-0.15, -0.1) is 0 Å². The molecule has 11 heteroatoms. The van der Waals surface area contributed by atoms with Crippen molar-refractivity contribution >= 4 is 18.7 Å². The summed E-state index contributed by atoms with van der Waals surface area (Å²) in [6.45, 7) is 12.3. The predicted molar refractivity (Wildman–Crippen MR) is 132 cm³/mol. The van der Waals surface area contributed by atoms with Crippen molar-refractivity contribution in [3.05, 3.63) is 80.7 Å². The first-order chi connectivity index (χ1) is 16.6. The molecule has 0 radical (unpaired) electrons. The number of nitrogens with one attached hydrogen (secondary N) is 3. The van der Waals surface area contributed by atoms with Gasteiger partial charge in [0, 0.05) is 45.3 Å². The number of allylic oxidation sites excluding steroid dienone is 1. The molecule has 6 N–H and O–H groups in total. The van der Waals surface area contributed by atoms with Crippen LogP contribution < -0.4 is 4.74 Å². The molecule has 0 aliphatic carbocycles. The highest BCUT2D eigenvalue weighted by molar-refractivity contribution is 6.30. The van der Waals surface area contributed by atoms with Crippen molar-refractivity contribution in [2.75, 3.05) is 0 Å². The molecule has 182 valence electrons. The molecular formula is C24H29BN6O4. The van der Waals surface area contributed by atoms with Crippen LogP contribution in [0.3, 0.4) is 0 Å². The largest absolute Gasteiger partial charge is 0.631 e. The molecule has 4 aromatic rings. The standard InChI is InChI=1S/C24H26N6O.BH3O3/c1-11-19(12(2)26-25-11)22-17-9-7-8-10-18(17)31-24(21-15(5)29-30-16(21)6)23(22)20-13(3)27-28-14(20)4;2-1(3)4/h7-10,22H,1-6H3,(H,25,26)(H,27,28)(H,29,30);2-4H. The highest BCUT2D eigenvalue weighted by Crippen LogP contribution is 2.52. The van der Waals surface area contributed by atoms with Crippen LogP contribution in [0.25, 0.3) is 11.3 Å². The Morgan fingerprint density at radius 2 is 1.26 bits per heavy atom. The average Bonchev–Trinajstić information content (AvgIpc) is 3.43. The Labute approximate surface area is 203 Å². The third-order valence-corrected chi connectivity index (χ3v) is 6.20. The molecule has 5 rings (SSSR count). The van der Waals surface area contributed by atoms with Crippen LogP contribution in [-0.2, 0) is 0 Å². The van der Waals surface area contributed by atoms with Crippen molar-refractivity contribution in [1.82, 2.24) is 30.6 Å². The van der Waals surface area contributed by atoms with Gasteiger partial charge in [-0.2, -0.15) is 15.3 Å². The SMILES string of the molecule is Cc1n[nH]c(C)c1C1=C(c2c(C)n[nH]c2C)C(c2c(C)n[nH]c2C)c2ccccc2O1.OB(O)O. The van der Waals surface area contributed by atoms with Gasteiger partial charge in [-0.1, -0.05) is 18.2 Å². The lowest BCUT2D eigenvalue weighted by molar-refractivity contribution is 0.278. The Hall–Kier alpha value is -3.67. The third-order valence-electron chi connectivity index (χ3n) is 6.20. The Kier molecular flexibility index (Phi) is 6.66. The van der Waals surface area contributed by atoms with Gasteiger partial charge < -0.3 is 19.8 Å². The van der Waals surface area contributed by atoms with Gasteiger partial charge in [0.15, 0.2) is 0 Å². The second kappa shape index (κ2) is 9.53. The maximum atomic E-state index is 7.17. The quantitative estimate of drug-likeness (QED) is 0.248. The van der Waals surface area contributed by atoms with Crippen LogP contribution in [0.5, 0.6) is 5.75 Å². The molecule has 3 aromatic heterocycles. The summed E-state index contributed by atoms with van der Waals surface area (Å²) < 4.78 is 6.64. The van der Waals surface area contributed by atoms with Gasteiger partial charge in [0.25, 0.3) is 0 Å². The van der Waals surface area contributed by atoms with Gasteiger partial charge >= 0.3 is 7.32 Å². The van der Waals surface area contributed by atoms with E-state index in [0.29, 0.717) is 0 Å². The number of aryl methyl sites for hydroxylation is 6. The first-order valence-electron chi connectivity index (χ1n) is 11.2. The minimum absolute atomic E-state index is 0.0533. The lowest BCUT2D eigenvalue weighted by atomic mass is 9.77. The van der Waals surface area contributed by atoms with Crippen LogP contribution in [0.4, 0.5) is 0 Å². The van der Waals surface area contributed by atoms with Gasteiger partial charge in [-0.3, -0.25) is 15.3 Å². The van der Waals surface area contributed by atoms with Gasteiger partial charge in [-0.05, 0) is 47.6 Å². The first-order valence-corrected chi connectivity index (χ1v) is 11.2. The lowest BCUT2D eigenvalue weighted by Gasteiger charge is -2.32. The van der Waals surface area contributed by atoms with Crippen LogP contribution in [0.1, 0.15) is 62.3 Å². The predicted octanol–water partition coefficient (Wildman–Crippen LogP) is 2.75. The molecule has 0 spiro atoms. The first kappa shape index (κ1) is 24.5. The summed E-state index contributed by atoms with van der Waals surface area (Å²) in [7, 11) is -2.17. The van der Waals surface area contributed by atoms with Crippen LogP contribution in [0.15, 0.2) is 24.3 Å². The molecule has 35 heavy (non-hydrogen) atoms. The van der Waals surface area contributed by atoms with E-state index in [1.54, 1.807) is 0 Å². The van der Waals surface area contributed by atoms with Gasteiger partial charge in [-0.25, -0.2) is 0 Å². The highest BCUT2D eigenvalue weighted by atomic mass is 16.5. The van der Waals surface area contributed by atoms with E-state index in [2.05, 4.69) is 63.5 Å². The summed E-state index contributed by atoms with van der Waals surface area (Å²) >= 11 is 0. The Balaban J connectivity index is 0.000000672. The summed E-state index contributed by atoms with van der Waals surface area (Å²) in [5.74, 6) is 1.62. The molecule has 4 heterocycles. The van der Waals surface area contributed by atoms with E-state index < -0.39 is 7.32 Å². The van der Waals surface area contributed by atoms with Crippen molar-refractivity contribution < 1.29 is 19.8 Å². The van der Waals surface area contributed by atoms with Crippen LogP contribution in [0, 0.1) is 41.5 Å². The zero-order valence-corrected chi connectivity index (χ0v) is 20.6. The number of nitrogens with zero attached hydrogens (tertiary/aromatic N) is 3. The molecular weight excluding hydrogens is 447 g/mol. The van der Waals surface area contributed by atoms with E-state index in [9.17, 15) is 0 Å². The Bertz CT molecular complexity index is 1340. The topological polar surface area (TPSA) is 156 Å². The number of fused-ring (bicyclic) bond motifs is 1. The van der Waals surface area contributed by atoms with Crippen LogP contribution in [-0.4, -0.2) is 53.0 Å². The summed E-state index contributed by atoms with van der Waals surface area (Å²) in [4.78, 5) is 0. The molecule has 0 saturated carbocycles. The van der Waals surface area contributed by atoms with E-state index >= 15 is 0 Å². The molecule has 1 aromatic carbocycles. The Morgan fingerprint density at radius 1 is 0.743 bits per heavy atom. The molecule has 0 saturated heterocycles. The second-order valence-electron chi connectivity index (χ2n) is 8.63. The maximum Gasteiger partial charge on any atom is 0.631 e. The number of para-hydroxylation sites is 1. The number of hydrogen-bond donors (Lipinski definition) is 6. The maximum absolute atomic E-state index is 7.17. The van der Waals surface area contributed by atoms with Gasteiger partial charge in [0.2, 0.25) is 0 Å². The molecule has 1 atom stereocenters. The fourth-order valence-electron chi connectivity index (χ4n) is 4.83. The zero-order chi connectivity index (χ0) is 25.4. The van der Waals surface area contributed by atoms with E-state index in [1.807, 2.05) is 32.9 Å². The normalized spacial score (nSPS) is 14.8. The summed E-state index contributed by atoms with van der Waals surface area (Å²) in [6.07, 6.45) is 0. The second-order valence-corrected chi connectivity index (χ2v) is 8.63. The van der Waals surface area contributed by atoms with Gasteiger partial charge in [0.1, 0.15) is 11.5 Å². The van der Waals surface area contributed by atoms with Crippen LogP contribution >= 0.6 is 0 Å². The zero-order valence-electron chi connectivity index (χ0n) is 20.6. The fourth-order valence-corrected chi connectivity index (χ4v) is 4.83. The molecule has 0 bridgehead atoms. The van der Waals surface area contributed by atoms with Crippen LogP contribution in [0.2, 0.25) is 0 Å². The number of benzene rings is 1. The van der Waals surface area contributed by atoms with Crippen molar-refractivity contribution in [3.63, 3.8) is 0 Å². The van der Waals surface area contributed by atoms with E-state index in [-0.39, 0.29) is 5.92 Å². The molecule has 0 amide bonds. The number of H-pyrrole nitrogens is 3. The molecule has 1 aliphatic rings. The molecule has 0 fully saturated rings. The lowest BCUT2D eigenvalue weighted by Crippen LogP contribution is -2.18. The van der Waals surface area contributed by atoms with Crippen molar-refractivity contribution in [3.8, 4) is 5.75 Å². The van der Waals surface area contributed by atoms with E-state index in [1.165, 1.54) is 5.56 Å². The summed E-state index contributed by atoms with van der Waals surface area (Å²) in [6, 6.07) is 8.25. The van der Waals surface area contributed by atoms with Gasteiger partial charge in [0.05, 0.1) is 22.6 Å². The minimum atomic E-state index is -2.17. The number of ether oxygens (including phenoxy) is 1. The molecule has 10 nitrogen and oxygen atoms in total. The van der Waals surface area contributed by atoms with E-state index in [4.69, 9.17) is 19.8 Å². The highest BCUT2D eigenvalue weighted by Gasteiger charge is 2.38. The van der Waals surface area contributed by atoms with Crippen molar-refractivity contribution in [2.24, 2.45) is 0 Å². The molecule has 1 unspecified atom stereocenters. The van der Waals surface area contributed by atoms with Crippen molar-refractivity contribution in [2.45, 2.75) is 47.5 Å². The number of aromatic amines is 3. The molecule has 1 aliphatic heterocycles. The number of hydrogen-bond acceptors (Lipinski definition) is 7.